The molecule has 3 nitrogen and oxygen atoms in total. The maximum atomic E-state index is 12.9. The fourth-order valence-corrected chi connectivity index (χ4v) is 1.50. The molecule has 0 amide bonds. The predicted molar refractivity (Wildman–Crippen MR) is 66.1 cm³/mol. The molecule has 0 aromatic heterocycles. The lowest BCUT2D eigenvalue weighted by atomic mass is 10.1. The highest BCUT2D eigenvalue weighted by atomic mass is 19.3. The van der Waals surface area contributed by atoms with Gasteiger partial charge in [0.05, 0.1) is 13.2 Å². The highest BCUT2D eigenvalue weighted by Crippen LogP contribution is 2.19. The summed E-state index contributed by atoms with van der Waals surface area (Å²) in [6.07, 6.45) is 0. The van der Waals surface area contributed by atoms with E-state index in [9.17, 15) is 8.78 Å². The third kappa shape index (κ3) is 4.58. The summed E-state index contributed by atoms with van der Waals surface area (Å²) in [4.78, 5) is 0. The maximum Gasteiger partial charge on any atom is 0.282 e. The number of aliphatic hydroxyl groups is 1. The van der Waals surface area contributed by atoms with Gasteiger partial charge in [0.15, 0.2) is 0 Å². The molecule has 1 aromatic carbocycles. The Balaban J connectivity index is 2.53. The fourth-order valence-electron chi connectivity index (χ4n) is 1.50. The molecule has 1 rings (SSSR count). The van der Waals surface area contributed by atoms with Gasteiger partial charge >= 0.3 is 0 Å². The summed E-state index contributed by atoms with van der Waals surface area (Å²) >= 11 is 0. The number of halogens is 2. The van der Waals surface area contributed by atoms with Crippen molar-refractivity contribution in [2.24, 2.45) is 0 Å². The highest BCUT2D eigenvalue weighted by molar-refractivity contribution is 5.28. The van der Waals surface area contributed by atoms with Gasteiger partial charge in [-0.15, -0.1) is 0 Å². The molecular formula is C13H19F2NO2. The van der Waals surface area contributed by atoms with Crippen LogP contribution in [0.15, 0.2) is 24.3 Å². The van der Waals surface area contributed by atoms with E-state index in [1.807, 2.05) is 19.1 Å². The molecule has 0 spiro atoms. The summed E-state index contributed by atoms with van der Waals surface area (Å²) in [6, 6.07) is 7.07. The molecule has 18 heavy (non-hydrogen) atoms. The number of hydrogen-bond donors (Lipinski definition) is 2. The average molecular weight is 259 g/mol. The normalized spacial score (nSPS) is 13.4. The second-order valence-corrected chi connectivity index (χ2v) is 4.12. The second-order valence-electron chi connectivity index (χ2n) is 4.12. The first kappa shape index (κ1) is 14.9. The van der Waals surface area contributed by atoms with Crippen molar-refractivity contribution in [3.63, 3.8) is 0 Å². The molecule has 0 saturated heterocycles. The van der Waals surface area contributed by atoms with Crippen LogP contribution in [-0.2, 0) is 0 Å². The SMILES string of the molecule is CCOc1ccc(C(C)NCC(F)(F)CO)cc1. The summed E-state index contributed by atoms with van der Waals surface area (Å²) in [6.45, 7) is 2.60. The van der Waals surface area contributed by atoms with Crippen LogP contribution in [0.4, 0.5) is 8.78 Å². The first-order chi connectivity index (χ1) is 8.48. The van der Waals surface area contributed by atoms with Crippen molar-refractivity contribution in [2.75, 3.05) is 19.8 Å². The van der Waals surface area contributed by atoms with Crippen LogP contribution < -0.4 is 10.1 Å². The first-order valence-corrected chi connectivity index (χ1v) is 5.93. The minimum absolute atomic E-state index is 0.210. The topological polar surface area (TPSA) is 41.5 Å². The lowest BCUT2D eigenvalue weighted by molar-refractivity contribution is -0.0490. The minimum Gasteiger partial charge on any atom is -0.494 e. The van der Waals surface area contributed by atoms with Gasteiger partial charge in [0.2, 0.25) is 0 Å². The summed E-state index contributed by atoms with van der Waals surface area (Å²) in [5, 5.41) is 11.2. The van der Waals surface area contributed by atoms with Gasteiger partial charge in [-0.1, -0.05) is 12.1 Å². The van der Waals surface area contributed by atoms with Gasteiger partial charge in [-0.2, -0.15) is 0 Å². The number of alkyl halides is 2. The number of hydrogen-bond acceptors (Lipinski definition) is 3. The van der Waals surface area contributed by atoms with E-state index >= 15 is 0 Å². The van der Waals surface area contributed by atoms with Crippen LogP contribution in [0.5, 0.6) is 5.75 Å². The van der Waals surface area contributed by atoms with Crippen molar-refractivity contribution in [1.82, 2.24) is 5.32 Å². The van der Waals surface area contributed by atoms with Crippen molar-refractivity contribution < 1.29 is 18.6 Å². The Bertz CT molecular complexity index is 355. The smallest absolute Gasteiger partial charge is 0.282 e. The van der Waals surface area contributed by atoms with E-state index in [-0.39, 0.29) is 6.04 Å². The molecule has 0 bridgehead atoms. The molecule has 0 saturated carbocycles. The average Bonchev–Trinajstić information content (AvgIpc) is 2.37. The highest BCUT2D eigenvalue weighted by Gasteiger charge is 2.27. The summed E-state index contributed by atoms with van der Waals surface area (Å²) < 4.78 is 31.0. The number of rotatable bonds is 7. The van der Waals surface area contributed by atoms with E-state index in [2.05, 4.69) is 5.32 Å². The predicted octanol–water partition coefficient (Wildman–Crippen LogP) is 2.36. The van der Waals surface area contributed by atoms with Gasteiger partial charge in [0, 0.05) is 6.04 Å². The van der Waals surface area contributed by atoms with Gasteiger partial charge in [0.1, 0.15) is 12.4 Å². The third-order valence-electron chi connectivity index (χ3n) is 2.59. The van der Waals surface area contributed by atoms with Crippen LogP contribution >= 0.6 is 0 Å². The molecule has 0 aliphatic rings. The molecule has 0 heterocycles. The van der Waals surface area contributed by atoms with Gasteiger partial charge in [0.25, 0.3) is 5.92 Å². The van der Waals surface area contributed by atoms with Gasteiger partial charge in [-0.05, 0) is 31.5 Å². The quantitative estimate of drug-likeness (QED) is 0.790. The lowest BCUT2D eigenvalue weighted by Crippen LogP contribution is -2.37. The van der Waals surface area contributed by atoms with E-state index in [4.69, 9.17) is 9.84 Å². The Kier molecular flexibility index (Phi) is 5.50. The van der Waals surface area contributed by atoms with Crippen molar-refractivity contribution in [2.45, 2.75) is 25.8 Å². The van der Waals surface area contributed by atoms with Crippen molar-refractivity contribution in [1.29, 1.82) is 0 Å². The molecule has 0 aliphatic heterocycles. The molecule has 5 heteroatoms. The zero-order valence-corrected chi connectivity index (χ0v) is 10.6. The molecule has 2 N–H and O–H groups in total. The number of ether oxygens (including phenoxy) is 1. The Morgan fingerprint density at radius 1 is 1.33 bits per heavy atom. The van der Waals surface area contributed by atoms with Gasteiger partial charge in [-0.25, -0.2) is 8.78 Å². The number of aliphatic hydroxyl groups excluding tert-OH is 1. The summed E-state index contributed by atoms with van der Waals surface area (Å²) in [5.74, 6) is -2.33. The molecule has 1 unspecified atom stereocenters. The molecule has 1 aromatic rings. The van der Waals surface area contributed by atoms with Crippen molar-refractivity contribution in [3.8, 4) is 5.75 Å². The summed E-state index contributed by atoms with van der Waals surface area (Å²) in [5.41, 5.74) is 0.896. The van der Waals surface area contributed by atoms with E-state index in [1.54, 1.807) is 19.1 Å². The largest absolute Gasteiger partial charge is 0.494 e. The maximum absolute atomic E-state index is 12.9. The van der Waals surface area contributed by atoms with E-state index in [0.717, 1.165) is 11.3 Å². The lowest BCUT2D eigenvalue weighted by Gasteiger charge is -2.19. The van der Waals surface area contributed by atoms with Crippen LogP contribution in [0.3, 0.4) is 0 Å². The van der Waals surface area contributed by atoms with E-state index in [0.29, 0.717) is 6.61 Å². The number of benzene rings is 1. The Hall–Kier alpha value is -1.20. The molecular weight excluding hydrogens is 240 g/mol. The number of nitrogens with one attached hydrogen (secondary N) is 1. The van der Waals surface area contributed by atoms with Crippen LogP contribution in [0.25, 0.3) is 0 Å². The standard InChI is InChI=1S/C13H19F2NO2/c1-3-18-12-6-4-11(5-7-12)10(2)16-8-13(14,15)9-17/h4-7,10,16-17H,3,8-9H2,1-2H3. The van der Waals surface area contributed by atoms with Crippen LogP contribution in [-0.4, -0.2) is 30.8 Å². The van der Waals surface area contributed by atoms with Gasteiger partial charge < -0.3 is 15.2 Å². The molecule has 1 atom stereocenters. The van der Waals surface area contributed by atoms with Gasteiger partial charge in [-0.3, -0.25) is 0 Å². The zero-order valence-electron chi connectivity index (χ0n) is 10.6. The second kappa shape index (κ2) is 6.66. The molecule has 0 radical (unpaired) electrons. The van der Waals surface area contributed by atoms with E-state index in [1.165, 1.54) is 0 Å². The summed E-state index contributed by atoms with van der Waals surface area (Å²) in [7, 11) is 0. The van der Waals surface area contributed by atoms with Crippen molar-refractivity contribution >= 4 is 0 Å². The Morgan fingerprint density at radius 3 is 2.44 bits per heavy atom. The van der Waals surface area contributed by atoms with E-state index < -0.39 is 19.1 Å². The van der Waals surface area contributed by atoms with Crippen LogP contribution in [0.1, 0.15) is 25.5 Å². The Labute approximate surface area is 106 Å². The van der Waals surface area contributed by atoms with Crippen LogP contribution in [0, 0.1) is 0 Å². The molecule has 0 aliphatic carbocycles. The first-order valence-electron chi connectivity index (χ1n) is 5.93. The zero-order chi connectivity index (χ0) is 13.6. The van der Waals surface area contributed by atoms with Crippen LogP contribution in [0.2, 0.25) is 0 Å². The molecule has 102 valence electrons. The monoisotopic (exact) mass is 259 g/mol. The molecule has 0 fully saturated rings. The Morgan fingerprint density at radius 2 is 1.94 bits per heavy atom. The fraction of sp³-hybridized carbons (Fsp3) is 0.538. The minimum atomic E-state index is -3.08. The van der Waals surface area contributed by atoms with Crippen molar-refractivity contribution in [3.05, 3.63) is 29.8 Å². The third-order valence-corrected chi connectivity index (χ3v) is 2.59.